The van der Waals surface area contributed by atoms with Gasteiger partial charge in [0.15, 0.2) is 17.2 Å². The van der Waals surface area contributed by atoms with Crippen molar-refractivity contribution in [2.75, 3.05) is 13.1 Å². The van der Waals surface area contributed by atoms with Gasteiger partial charge in [0.05, 0.1) is 11.1 Å². The second kappa shape index (κ2) is 8.26. The quantitative estimate of drug-likeness (QED) is 0.403. The standard InChI is InChI=1S/C27H22N4O3/c32-26-21-11-5-4-10-20(21)24(29-31(26)19-8-2-1-3-9-19)27(33)30-16-14-18(15-17-30)25-28-22-12-6-7-13-23(22)34-25/h1-13,18H,14-17H2. The lowest BCUT2D eigenvalue weighted by molar-refractivity contribution is 0.0701. The van der Waals surface area contributed by atoms with Crippen LogP contribution in [0.5, 0.6) is 0 Å². The lowest BCUT2D eigenvalue weighted by atomic mass is 9.96. The van der Waals surface area contributed by atoms with Crippen molar-refractivity contribution in [2.45, 2.75) is 18.8 Å². The molecule has 1 aliphatic rings. The molecule has 3 heterocycles. The molecule has 0 N–H and O–H groups in total. The van der Waals surface area contributed by atoms with Gasteiger partial charge in [-0.1, -0.05) is 48.5 Å². The molecule has 7 nitrogen and oxygen atoms in total. The summed E-state index contributed by atoms with van der Waals surface area (Å²) in [5.74, 6) is 0.728. The maximum atomic E-state index is 13.6. The Kier molecular flexibility index (Phi) is 4.95. The zero-order chi connectivity index (χ0) is 23.1. The molecule has 7 heteroatoms. The van der Waals surface area contributed by atoms with Crippen LogP contribution in [0, 0.1) is 0 Å². The average molecular weight is 450 g/mol. The minimum atomic E-state index is -0.243. The molecule has 0 unspecified atom stereocenters. The molecular formula is C27H22N4O3. The van der Waals surface area contributed by atoms with Crippen LogP contribution in [0.4, 0.5) is 0 Å². The topological polar surface area (TPSA) is 81.2 Å². The number of amides is 1. The molecule has 1 fully saturated rings. The molecule has 0 radical (unpaired) electrons. The van der Waals surface area contributed by atoms with E-state index in [0.29, 0.717) is 35.2 Å². The van der Waals surface area contributed by atoms with E-state index in [1.54, 1.807) is 18.2 Å². The van der Waals surface area contributed by atoms with E-state index in [4.69, 9.17) is 4.42 Å². The number of benzene rings is 3. The van der Waals surface area contributed by atoms with Crippen LogP contribution >= 0.6 is 0 Å². The molecule has 34 heavy (non-hydrogen) atoms. The van der Waals surface area contributed by atoms with Crippen molar-refractivity contribution in [2.24, 2.45) is 0 Å². The first kappa shape index (κ1) is 20.4. The van der Waals surface area contributed by atoms with Crippen LogP contribution in [0.2, 0.25) is 0 Å². The van der Waals surface area contributed by atoms with Gasteiger partial charge in [0.2, 0.25) is 0 Å². The lowest BCUT2D eigenvalue weighted by Gasteiger charge is -2.30. The van der Waals surface area contributed by atoms with Gasteiger partial charge in [-0.15, -0.1) is 0 Å². The number of piperidine rings is 1. The van der Waals surface area contributed by atoms with E-state index in [1.165, 1.54) is 4.68 Å². The van der Waals surface area contributed by atoms with Gasteiger partial charge in [0.1, 0.15) is 5.52 Å². The summed E-state index contributed by atoms with van der Waals surface area (Å²) in [5.41, 5.74) is 2.32. The number of hydrogen-bond donors (Lipinski definition) is 0. The molecule has 2 aromatic heterocycles. The fourth-order valence-electron chi connectivity index (χ4n) is 4.64. The number of nitrogens with zero attached hydrogens (tertiary/aromatic N) is 4. The highest BCUT2D eigenvalue weighted by Crippen LogP contribution is 2.30. The number of carbonyl (C=O) groups excluding carboxylic acids is 1. The first-order chi connectivity index (χ1) is 16.7. The molecule has 1 amide bonds. The second-order valence-corrected chi connectivity index (χ2v) is 8.53. The summed E-state index contributed by atoms with van der Waals surface area (Å²) in [6.45, 7) is 1.14. The van der Waals surface area contributed by atoms with Crippen molar-refractivity contribution in [3.05, 3.63) is 101 Å². The maximum Gasteiger partial charge on any atom is 0.279 e. The fraction of sp³-hybridized carbons (Fsp3) is 0.185. The van der Waals surface area contributed by atoms with Crippen LogP contribution in [-0.4, -0.2) is 38.7 Å². The van der Waals surface area contributed by atoms with E-state index >= 15 is 0 Å². The van der Waals surface area contributed by atoms with E-state index in [1.807, 2.05) is 65.6 Å². The van der Waals surface area contributed by atoms with Gasteiger partial charge in [-0.25, -0.2) is 4.98 Å². The van der Waals surface area contributed by atoms with Gasteiger partial charge >= 0.3 is 0 Å². The third kappa shape index (κ3) is 3.46. The highest BCUT2D eigenvalue weighted by atomic mass is 16.3. The van der Waals surface area contributed by atoms with Crippen molar-refractivity contribution in [3.63, 3.8) is 0 Å². The van der Waals surface area contributed by atoms with Crippen LogP contribution in [0.25, 0.3) is 27.6 Å². The number of oxazole rings is 1. The van der Waals surface area contributed by atoms with Gasteiger partial charge in [-0.3, -0.25) is 9.59 Å². The summed E-state index contributed by atoms with van der Waals surface area (Å²) in [4.78, 5) is 33.2. The van der Waals surface area contributed by atoms with E-state index in [0.717, 1.165) is 29.8 Å². The van der Waals surface area contributed by atoms with Crippen molar-refractivity contribution in [1.29, 1.82) is 0 Å². The number of likely N-dealkylation sites (tertiary alicyclic amines) is 1. The molecule has 3 aromatic carbocycles. The highest BCUT2D eigenvalue weighted by Gasteiger charge is 2.29. The molecule has 5 aromatic rings. The number of carbonyl (C=O) groups is 1. The minimum Gasteiger partial charge on any atom is -0.440 e. The smallest absolute Gasteiger partial charge is 0.279 e. The van der Waals surface area contributed by atoms with Gasteiger partial charge < -0.3 is 9.32 Å². The summed E-state index contributed by atoms with van der Waals surface area (Å²) in [6, 6.07) is 24.1. The first-order valence-electron chi connectivity index (χ1n) is 11.4. The van der Waals surface area contributed by atoms with Gasteiger partial charge in [-0.05, 0) is 43.2 Å². The Balaban J connectivity index is 1.31. The summed E-state index contributed by atoms with van der Waals surface area (Å²) >= 11 is 0. The second-order valence-electron chi connectivity index (χ2n) is 8.53. The zero-order valence-electron chi connectivity index (χ0n) is 18.4. The van der Waals surface area contributed by atoms with Gasteiger partial charge in [-0.2, -0.15) is 9.78 Å². The molecule has 6 rings (SSSR count). The zero-order valence-corrected chi connectivity index (χ0v) is 18.4. The summed E-state index contributed by atoms with van der Waals surface area (Å²) in [7, 11) is 0. The number of rotatable bonds is 3. The molecule has 0 saturated carbocycles. The van der Waals surface area contributed by atoms with E-state index in [9.17, 15) is 9.59 Å². The Bertz CT molecular complexity index is 1530. The molecule has 168 valence electrons. The van der Waals surface area contributed by atoms with Crippen LogP contribution in [0.15, 0.2) is 88.1 Å². The molecular weight excluding hydrogens is 428 g/mol. The largest absolute Gasteiger partial charge is 0.440 e. The van der Waals surface area contributed by atoms with Crippen molar-refractivity contribution < 1.29 is 9.21 Å². The molecule has 1 aliphatic heterocycles. The SMILES string of the molecule is O=C(c1nn(-c2ccccc2)c(=O)c2ccccc12)N1CCC(c2nc3ccccc3o2)CC1. The molecule has 0 spiro atoms. The number of para-hydroxylation sites is 3. The van der Waals surface area contributed by atoms with Gasteiger partial charge in [0.25, 0.3) is 11.5 Å². The van der Waals surface area contributed by atoms with E-state index in [-0.39, 0.29) is 17.4 Å². The molecule has 0 aliphatic carbocycles. The van der Waals surface area contributed by atoms with Gasteiger partial charge in [0, 0.05) is 24.4 Å². The Morgan fingerprint density at radius 1 is 0.853 bits per heavy atom. The van der Waals surface area contributed by atoms with Crippen LogP contribution in [-0.2, 0) is 0 Å². The lowest BCUT2D eigenvalue weighted by Crippen LogP contribution is -2.39. The molecule has 0 atom stereocenters. The predicted molar refractivity (Wildman–Crippen MR) is 129 cm³/mol. The van der Waals surface area contributed by atoms with Crippen molar-refractivity contribution >= 4 is 27.8 Å². The first-order valence-corrected chi connectivity index (χ1v) is 11.4. The summed E-state index contributed by atoms with van der Waals surface area (Å²) in [6.07, 6.45) is 1.52. The highest BCUT2D eigenvalue weighted by molar-refractivity contribution is 6.04. The monoisotopic (exact) mass is 450 g/mol. The molecule has 0 bridgehead atoms. The molecule has 1 saturated heterocycles. The van der Waals surface area contributed by atoms with Crippen LogP contribution in [0.1, 0.15) is 35.1 Å². The van der Waals surface area contributed by atoms with Crippen molar-refractivity contribution in [1.82, 2.24) is 19.7 Å². The normalized spacial score (nSPS) is 14.6. The Hall–Kier alpha value is -4.26. The van der Waals surface area contributed by atoms with Crippen molar-refractivity contribution in [3.8, 4) is 5.69 Å². The maximum absolute atomic E-state index is 13.6. The Morgan fingerprint density at radius 3 is 2.29 bits per heavy atom. The fourth-order valence-corrected chi connectivity index (χ4v) is 4.64. The summed E-state index contributed by atoms with van der Waals surface area (Å²) in [5, 5.41) is 5.59. The van der Waals surface area contributed by atoms with E-state index in [2.05, 4.69) is 10.1 Å². The third-order valence-corrected chi connectivity index (χ3v) is 6.45. The average Bonchev–Trinajstić information content (AvgIpc) is 3.34. The third-order valence-electron chi connectivity index (χ3n) is 6.45. The minimum absolute atomic E-state index is 0.166. The van der Waals surface area contributed by atoms with Crippen LogP contribution in [0.3, 0.4) is 0 Å². The van der Waals surface area contributed by atoms with Crippen LogP contribution < -0.4 is 5.56 Å². The number of aromatic nitrogens is 3. The Labute approximate surface area is 195 Å². The number of fused-ring (bicyclic) bond motifs is 2. The Morgan fingerprint density at radius 2 is 1.53 bits per heavy atom. The number of hydrogen-bond acceptors (Lipinski definition) is 5. The van der Waals surface area contributed by atoms with E-state index < -0.39 is 0 Å². The predicted octanol–water partition coefficient (Wildman–Crippen LogP) is 4.55. The summed E-state index contributed by atoms with van der Waals surface area (Å²) < 4.78 is 7.28.